The zero-order chi connectivity index (χ0) is 21.6. The average molecular weight is 485 g/mol. The molecule has 0 radical (unpaired) electrons. The average Bonchev–Trinajstić information content (AvgIpc) is 2.73. The number of methoxy groups -OCH3 is 3. The van der Waals surface area contributed by atoms with E-state index >= 15 is 0 Å². The molecule has 2 aromatic carbocycles. The highest BCUT2D eigenvalue weighted by Crippen LogP contribution is 2.39. The molecule has 0 amide bonds. The normalized spacial score (nSPS) is 10.6. The molecule has 0 fully saturated rings. The van der Waals surface area contributed by atoms with Crippen LogP contribution < -0.4 is 8.92 Å². The van der Waals surface area contributed by atoms with Crippen LogP contribution in [0.4, 0.5) is 0 Å². The predicted octanol–water partition coefficient (Wildman–Crippen LogP) is 2.95. The molecule has 0 atom stereocenters. The van der Waals surface area contributed by atoms with Gasteiger partial charge in [-0.1, -0.05) is 18.2 Å². The maximum Gasteiger partial charge on any atom is 0.345 e. The summed E-state index contributed by atoms with van der Waals surface area (Å²) in [5, 5.41) is 0. The van der Waals surface area contributed by atoms with Gasteiger partial charge in [0.05, 0.1) is 25.8 Å². The van der Waals surface area contributed by atoms with Gasteiger partial charge in [0.15, 0.2) is 11.5 Å². The van der Waals surface area contributed by atoms with Gasteiger partial charge in [-0.05, 0) is 51.8 Å². The number of benzene rings is 2. The second-order valence-corrected chi connectivity index (χ2v) is 7.83. The number of hydrogen-bond acceptors (Lipinski definition) is 8. The fraction of sp³-hybridized carbons (Fsp3) is 0.158. The van der Waals surface area contributed by atoms with E-state index in [1.54, 1.807) is 18.2 Å². The molecule has 0 heterocycles. The lowest BCUT2D eigenvalue weighted by atomic mass is 10.1. The Bertz CT molecular complexity index is 1030. The Morgan fingerprint density at radius 2 is 1.55 bits per heavy atom. The summed E-state index contributed by atoms with van der Waals surface area (Å²) < 4.78 is 44.8. The van der Waals surface area contributed by atoms with Gasteiger partial charge in [-0.2, -0.15) is 8.42 Å². The highest BCUT2D eigenvalue weighted by atomic mass is 79.9. The van der Waals surface area contributed by atoms with Crippen molar-refractivity contribution in [2.24, 2.45) is 0 Å². The third-order valence-electron chi connectivity index (χ3n) is 3.60. The van der Waals surface area contributed by atoms with Crippen LogP contribution in [-0.4, -0.2) is 41.7 Å². The third kappa shape index (κ3) is 5.36. The molecule has 154 valence electrons. The molecule has 0 aliphatic carbocycles. The molecule has 29 heavy (non-hydrogen) atoms. The SMILES string of the molecule is COC(=O)C(=Cc1cc(Br)c(OS(=O)(=O)c2ccccc2)c(OC)c1)C(=O)OC. The molecule has 8 nitrogen and oxygen atoms in total. The topological polar surface area (TPSA) is 105 Å². The molecule has 0 bridgehead atoms. The molecule has 0 N–H and O–H groups in total. The molecule has 0 aromatic heterocycles. The third-order valence-corrected chi connectivity index (χ3v) is 5.42. The van der Waals surface area contributed by atoms with E-state index in [2.05, 4.69) is 25.4 Å². The quantitative estimate of drug-likeness (QED) is 0.194. The summed E-state index contributed by atoms with van der Waals surface area (Å²) in [4.78, 5) is 23.6. The van der Waals surface area contributed by atoms with Gasteiger partial charge in [0, 0.05) is 0 Å². The maximum atomic E-state index is 12.5. The van der Waals surface area contributed by atoms with Gasteiger partial charge in [-0.3, -0.25) is 0 Å². The molecule has 2 rings (SSSR count). The van der Waals surface area contributed by atoms with Crippen molar-refractivity contribution in [2.75, 3.05) is 21.3 Å². The van der Waals surface area contributed by atoms with Crippen molar-refractivity contribution in [3.63, 3.8) is 0 Å². The summed E-state index contributed by atoms with van der Waals surface area (Å²) in [7, 11) is -0.543. The van der Waals surface area contributed by atoms with Gasteiger partial charge in [0.1, 0.15) is 10.5 Å². The van der Waals surface area contributed by atoms with E-state index in [0.29, 0.717) is 5.56 Å². The summed E-state index contributed by atoms with van der Waals surface area (Å²) in [6.45, 7) is 0. The number of esters is 2. The van der Waals surface area contributed by atoms with E-state index in [4.69, 9.17) is 8.92 Å². The molecular formula is C19H17BrO8S. The molecule has 0 saturated carbocycles. The zero-order valence-corrected chi connectivity index (χ0v) is 18.1. The van der Waals surface area contributed by atoms with Crippen molar-refractivity contribution in [1.29, 1.82) is 0 Å². The molecule has 0 unspecified atom stereocenters. The fourth-order valence-electron chi connectivity index (χ4n) is 2.24. The second kappa shape index (κ2) is 9.57. The van der Waals surface area contributed by atoms with Gasteiger partial charge >= 0.3 is 22.1 Å². The van der Waals surface area contributed by atoms with Crippen LogP contribution in [0.1, 0.15) is 5.56 Å². The van der Waals surface area contributed by atoms with E-state index in [9.17, 15) is 18.0 Å². The molecule has 10 heteroatoms. The first kappa shape index (κ1) is 22.4. The van der Waals surface area contributed by atoms with E-state index in [1.165, 1.54) is 37.5 Å². The lowest BCUT2D eigenvalue weighted by Gasteiger charge is -2.13. The summed E-state index contributed by atoms with van der Waals surface area (Å²) in [5.74, 6) is -1.82. The van der Waals surface area contributed by atoms with Gasteiger partial charge in [0.25, 0.3) is 0 Å². The summed E-state index contributed by atoms with van der Waals surface area (Å²) in [6.07, 6.45) is 1.22. The van der Waals surface area contributed by atoms with Gasteiger partial charge in [-0.15, -0.1) is 0 Å². The molecule has 0 spiro atoms. The van der Waals surface area contributed by atoms with Crippen molar-refractivity contribution in [3.05, 3.63) is 58.1 Å². The van der Waals surface area contributed by atoms with Gasteiger partial charge < -0.3 is 18.4 Å². The van der Waals surface area contributed by atoms with Crippen LogP contribution in [0, 0.1) is 0 Å². The molecule has 0 aliphatic rings. The highest BCUT2D eigenvalue weighted by molar-refractivity contribution is 9.10. The number of ether oxygens (including phenoxy) is 3. The number of carbonyl (C=O) groups excluding carboxylic acids is 2. The summed E-state index contributed by atoms with van der Waals surface area (Å²) in [6, 6.07) is 10.4. The maximum absolute atomic E-state index is 12.5. The van der Waals surface area contributed by atoms with E-state index in [-0.39, 0.29) is 26.4 Å². The van der Waals surface area contributed by atoms with Gasteiger partial charge in [-0.25, -0.2) is 9.59 Å². The minimum atomic E-state index is -4.11. The first-order valence-corrected chi connectivity index (χ1v) is 10.2. The van der Waals surface area contributed by atoms with Gasteiger partial charge in [0.2, 0.25) is 0 Å². The van der Waals surface area contributed by atoms with Crippen LogP contribution in [0.3, 0.4) is 0 Å². The molecular weight excluding hydrogens is 468 g/mol. The van der Waals surface area contributed by atoms with Crippen LogP contribution in [0.25, 0.3) is 6.08 Å². The van der Waals surface area contributed by atoms with Crippen molar-refractivity contribution < 1.29 is 36.4 Å². The first-order chi connectivity index (χ1) is 13.7. The Hall–Kier alpha value is -2.85. The molecule has 0 saturated heterocycles. The second-order valence-electron chi connectivity index (χ2n) is 5.43. The predicted molar refractivity (Wildman–Crippen MR) is 107 cm³/mol. The zero-order valence-electron chi connectivity index (χ0n) is 15.7. The molecule has 0 aliphatic heterocycles. The molecule has 2 aromatic rings. The lowest BCUT2D eigenvalue weighted by molar-refractivity contribution is -0.143. The Morgan fingerprint density at radius 3 is 2.07 bits per heavy atom. The van der Waals surface area contributed by atoms with Crippen LogP contribution in [-0.2, 0) is 29.2 Å². The summed E-state index contributed by atoms with van der Waals surface area (Å²) >= 11 is 3.23. The largest absolute Gasteiger partial charge is 0.493 e. The van der Waals surface area contributed by atoms with Crippen molar-refractivity contribution in [3.8, 4) is 11.5 Å². The minimum absolute atomic E-state index is 0.0309. The van der Waals surface area contributed by atoms with Crippen molar-refractivity contribution in [1.82, 2.24) is 0 Å². The van der Waals surface area contributed by atoms with Crippen molar-refractivity contribution >= 4 is 44.1 Å². The minimum Gasteiger partial charge on any atom is -0.493 e. The Morgan fingerprint density at radius 1 is 0.966 bits per heavy atom. The van der Waals surface area contributed by atoms with E-state index in [1.807, 2.05) is 0 Å². The smallest absolute Gasteiger partial charge is 0.345 e. The van der Waals surface area contributed by atoms with E-state index in [0.717, 1.165) is 14.2 Å². The first-order valence-electron chi connectivity index (χ1n) is 7.99. The van der Waals surface area contributed by atoms with Crippen LogP contribution in [0.5, 0.6) is 11.5 Å². The standard InChI is InChI=1S/C19H17BrO8S/c1-25-16-11-12(9-14(18(21)26-2)19(22)27-3)10-15(20)17(16)28-29(23,24)13-7-5-4-6-8-13/h4-11H,1-3H3. The Labute approximate surface area is 176 Å². The Balaban J connectivity index is 2.50. The lowest BCUT2D eigenvalue weighted by Crippen LogP contribution is -2.15. The Kier molecular flexibility index (Phi) is 7.40. The number of hydrogen-bond donors (Lipinski definition) is 0. The summed E-state index contributed by atoms with van der Waals surface area (Å²) in [5.41, 5.74) is -0.0153. The van der Waals surface area contributed by atoms with Crippen LogP contribution in [0.15, 0.2) is 57.4 Å². The van der Waals surface area contributed by atoms with Crippen molar-refractivity contribution in [2.45, 2.75) is 4.90 Å². The van der Waals surface area contributed by atoms with E-state index < -0.39 is 22.1 Å². The monoisotopic (exact) mass is 484 g/mol. The van der Waals surface area contributed by atoms with Crippen LogP contribution >= 0.6 is 15.9 Å². The number of halogens is 1. The highest BCUT2D eigenvalue weighted by Gasteiger charge is 2.23. The number of rotatable bonds is 7. The number of carbonyl (C=O) groups is 2. The fourth-order valence-corrected chi connectivity index (χ4v) is 3.86. The van der Waals surface area contributed by atoms with Crippen LogP contribution in [0.2, 0.25) is 0 Å².